The molecule has 2 rings (SSSR count). The first kappa shape index (κ1) is 20.1. The van der Waals surface area contributed by atoms with Crippen LogP contribution in [0.3, 0.4) is 0 Å². The molecule has 0 aliphatic rings. The summed E-state index contributed by atoms with van der Waals surface area (Å²) >= 11 is 11.8. The molecule has 0 spiro atoms. The molecule has 138 valence electrons. The third-order valence-electron chi connectivity index (χ3n) is 3.74. The number of hydrogen-bond acceptors (Lipinski definition) is 3. The molecule has 0 aromatic heterocycles. The highest BCUT2D eigenvalue weighted by atomic mass is 35.5. The largest absolute Gasteiger partial charge is 0.376 e. The highest BCUT2D eigenvalue weighted by Crippen LogP contribution is 2.24. The van der Waals surface area contributed by atoms with Crippen molar-refractivity contribution in [2.75, 3.05) is 31.3 Å². The lowest BCUT2D eigenvalue weighted by Crippen LogP contribution is -2.22. The molecule has 26 heavy (non-hydrogen) atoms. The number of rotatable bonds is 7. The summed E-state index contributed by atoms with van der Waals surface area (Å²) < 4.78 is 0. The molecule has 0 heterocycles. The van der Waals surface area contributed by atoms with E-state index in [0.29, 0.717) is 28.6 Å². The Morgan fingerprint density at radius 1 is 0.962 bits per heavy atom. The zero-order valence-corrected chi connectivity index (χ0v) is 16.2. The molecule has 0 aliphatic heterocycles. The van der Waals surface area contributed by atoms with Crippen LogP contribution in [0, 0.1) is 0 Å². The lowest BCUT2D eigenvalue weighted by atomic mass is 10.1. The Balaban J connectivity index is 1.81. The van der Waals surface area contributed by atoms with Crippen molar-refractivity contribution < 1.29 is 9.59 Å². The highest BCUT2D eigenvalue weighted by Gasteiger charge is 2.06. The summed E-state index contributed by atoms with van der Waals surface area (Å²) in [7, 11) is 3.49. The quantitative estimate of drug-likeness (QED) is 0.745. The standard InChI is InChI=1S/C19H21Cl2N3O2/c1-24(2)19(26)10-5-13-3-6-14(7-4-13)23-18(25)12-22-15-8-9-16(20)17(21)11-15/h3-4,6-9,11,22H,5,10,12H2,1-2H3,(H,23,25). The van der Waals surface area contributed by atoms with Gasteiger partial charge in [-0.2, -0.15) is 0 Å². The molecule has 0 bridgehead atoms. The Hall–Kier alpha value is -2.24. The fourth-order valence-electron chi connectivity index (χ4n) is 2.22. The van der Waals surface area contributed by atoms with Gasteiger partial charge in [-0.1, -0.05) is 35.3 Å². The summed E-state index contributed by atoms with van der Waals surface area (Å²) in [6, 6.07) is 12.6. The van der Waals surface area contributed by atoms with Crippen molar-refractivity contribution in [2.24, 2.45) is 0 Å². The van der Waals surface area contributed by atoms with Gasteiger partial charge < -0.3 is 15.5 Å². The second kappa shape index (κ2) is 9.46. The Morgan fingerprint density at radius 3 is 2.23 bits per heavy atom. The average molecular weight is 394 g/mol. The molecule has 5 nitrogen and oxygen atoms in total. The summed E-state index contributed by atoms with van der Waals surface area (Å²) in [5.74, 6) is -0.0811. The summed E-state index contributed by atoms with van der Waals surface area (Å²) in [5.41, 5.74) is 2.47. The SMILES string of the molecule is CN(C)C(=O)CCc1ccc(NC(=O)CNc2ccc(Cl)c(Cl)c2)cc1. The van der Waals surface area contributed by atoms with Crippen LogP contribution in [0.5, 0.6) is 0 Å². The van der Waals surface area contributed by atoms with Gasteiger partial charge in [-0.25, -0.2) is 0 Å². The Kier molecular flexibility index (Phi) is 7.30. The van der Waals surface area contributed by atoms with Crippen molar-refractivity contribution in [3.63, 3.8) is 0 Å². The fourth-order valence-corrected chi connectivity index (χ4v) is 2.52. The van der Waals surface area contributed by atoms with Crippen LogP contribution in [0.15, 0.2) is 42.5 Å². The zero-order valence-electron chi connectivity index (χ0n) is 14.7. The van der Waals surface area contributed by atoms with Gasteiger partial charge in [0.25, 0.3) is 0 Å². The summed E-state index contributed by atoms with van der Waals surface area (Å²) in [6.07, 6.45) is 1.14. The highest BCUT2D eigenvalue weighted by molar-refractivity contribution is 6.42. The molecular formula is C19H21Cl2N3O2. The second-order valence-corrected chi connectivity index (χ2v) is 6.83. The first-order chi connectivity index (χ1) is 12.3. The third-order valence-corrected chi connectivity index (χ3v) is 4.48. The van der Waals surface area contributed by atoms with Gasteiger partial charge in [-0.15, -0.1) is 0 Å². The number of nitrogens with one attached hydrogen (secondary N) is 2. The van der Waals surface area contributed by atoms with Crippen LogP contribution in [0.25, 0.3) is 0 Å². The number of aryl methyl sites for hydroxylation is 1. The van der Waals surface area contributed by atoms with Crippen LogP contribution in [0.1, 0.15) is 12.0 Å². The summed E-state index contributed by atoms with van der Waals surface area (Å²) in [6.45, 7) is 0.108. The predicted molar refractivity (Wildman–Crippen MR) is 107 cm³/mol. The van der Waals surface area contributed by atoms with Crippen LogP contribution < -0.4 is 10.6 Å². The van der Waals surface area contributed by atoms with E-state index in [1.165, 1.54) is 0 Å². The minimum absolute atomic E-state index is 0.0933. The van der Waals surface area contributed by atoms with Gasteiger partial charge in [0.15, 0.2) is 0 Å². The van der Waals surface area contributed by atoms with Crippen molar-refractivity contribution in [3.05, 3.63) is 58.1 Å². The monoisotopic (exact) mass is 393 g/mol. The van der Waals surface area contributed by atoms with Crippen LogP contribution in [-0.2, 0) is 16.0 Å². The van der Waals surface area contributed by atoms with Crippen molar-refractivity contribution in [1.82, 2.24) is 4.90 Å². The number of halogens is 2. The maximum Gasteiger partial charge on any atom is 0.243 e. The maximum absolute atomic E-state index is 12.0. The molecule has 0 saturated heterocycles. The van der Waals surface area contributed by atoms with Gasteiger partial charge in [0, 0.05) is 31.9 Å². The van der Waals surface area contributed by atoms with E-state index in [0.717, 1.165) is 11.3 Å². The smallest absolute Gasteiger partial charge is 0.243 e. The molecule has 0 aliphatic carbocycles. The van der Waals surface area contributed by atoms with Gasteiger partial charge in [0.05, 0.1) is 16.6 Å². The first-order valence-electron chi connectivity index (χ1n) is 8.13. The van der Waals surface area contributed by atoms with E-state index in [2.05, 4.69) is 10.6 Å². The van der Waals surface area contributed by atoms with Gasteiger partial charge in [0.2, 0.25) is 11.8 Å². The molecular weight excluding hydrogens is 373 g/mol. The summed E-state index contributed by atoms with van der Waals surface area (Å²) in [5, 5.41) is 6.70. The number of anilines is 2. The number of carbonyl (C=O) groups is 2. The van der Waals surface area contributed by atoms with E-state index in [1.54, 1.807) is 37.2 Å². The van der Waals surface area contributed by atoms with E-state index in [4.69, 9.17) is 23.2 Å². The predicted octanol–water partition coefficient (Wildman–Crippen LogP) is 4.06. The van der Waals surface area contributed by atoms with Gasteiger partial charge in [-0.05, 0) is 42.3 Å². The van der Waals surface area contributed by atoms with E-state index in [-0.39, 0.29) is 18.4 Å². The molecule has 2 aromatic carbocycles. The van der Waals surface area contributed by atoms with Crippen molar-refractivity contribution in [2.45, 2.75) is 12.8 Å². The number of nitrogens with zero attached hydrogens (tertiary/aromatic N) is 1. The molecule has 2 N–H and O–H groups in total. The lowest BCUT2D eigenvalue weighted by Gasteiger charge is -2.11. The number of carbonyl (C=O) groups excluding carboxylic acids is 2. The van der Waals surface area contributed by atoms with Gasteiger partial charge in [-0.3, -0.25) is 9.59 Å². The second-order valence-electron chi connectivity index (χ2n) is 6.02. The van der Waals surface area contributed by atoms with E-state index >= 15 is 0 Å². The van der Waals surface area contributed by atoms with Gasteiger partial charge >= 0.3 is 0 Å². The number of benzene rings is 2. The molecule has 0 saturated carbocycles. The number of amides is 2. The first-order valence-corrected chi connectivity index (χ1v) is 8.88. The third kappa shape index (κ3) is 6.24. The molecule has 0 unspecified atom stereocenters. The fraction of sp³-hybridized carbons (Fsp3) is 0.263. The Labute approximate surface area is 163 Å². The molecule has 2 amide bonds. The summed E-state index contributed by atoms with van der Waals surface area (Å²) in [4.78, 5) is 25.2. The van der Waals surface area contributed by atoms with Crippen LogP contribution in [-0.4, -0.2) is 37.4 Å². The van der Waals surface area contributed by atoms with Crippen LogP contribution in [0.4, 0.5) is 11.4 Å². The molecule has 0 radical (unpaired) electrons. The van der Waals surface area contributed by atoms with E-state index < -0.39 is 0 Å². The average Bonchev–Trinajstić information content (AvgIpc) is 2.61. The zero-order chi connectivity index (χ0) is 19.1. The van der Waals surface area contributed by atoms with Crippen LogP contribution in [0.2, 0.25) is 10.0 Å². The minimum atomic E-state index is -0.174. The molecule has 0 fully saturated rings. The number of hydrogen-bond donors (Lipinski definition) is 2. The van der Waals surface area contributed by atoms with Crippen molar-refractivity contribution in [1.29, 1.82) is 0 Å². The normalized spacial score (nSPS) is 10.3. The maximum atomic E-state index is 12.0. The van der Waals surface area contributed by atoms with Crippen LogP contribution >= 0.6 is 23.2 Å². The topological polar surface area (TPSA) is 61.4 Å². The van der Waals surface area contributed by atoms with Crippen molar-refractivity contribution >= 4 is 46.4 Å². The molecule has 0 atom stereocenters. The molecule has 7 heteroatoms. The van der Waals surface area contributed by atoms with E-state index in [1.807, 2.05) is 24.3 Å². The van der Waals surface area contributed by atoms with Gasteiger partial charge in [0.1, 0.15) is 0 Å². The molecule has 2 aromatic rings. The van der Waals surface area contributed by atoms with E-state index in [9.17, 15) is 9.59 Å². The Morgan fingerprint density at radius 2 is 1.62 bits per heavy atom. The minimum Gasteiger partial charge on any atom is -0.376 e. The van der Waals surface area contributed by atoms with Crippen molar-refractivity contribution in [3.8, 4) is 0 Å². The lowest BCUT2D eigenvalue weighted by molar-refractivity contribution is -0.128. The Bertz CT molecular complexity index is 777.